The number of allylic oxidation sites excluding steroid dienone is 1. The maximum Gasteiger partial charge on any atom is 0.416 e. The fraction of sp³-hybridized carbons (Fsp3) is 0.310. The summed E-state index contributed by atoms with van der Waals surface area (Å²) in [6.07, 6.45) is 2.73. The lowest BCUT2D eigenvalue weighted by Gasteiger charge is -2.10. The van der Waals surface area contributed by atoms with Crippen LogP contribution in [0.1, 0.15) is 59.8 Å². The van der Waals surface area contributed by atoms with Gasteiger partial charge in [-0.2, -0.15) is 13.2 Å². The van der Waals surface area contributed by atoms with Crippen molar-refractivity contribution in [2.24, 2.45) is 4.99 Å². The van der Waals surface area contributed by atoms with E-state index >= 15 is 0 Å². The number of nitrogens with zero attached hydrogens (tertiary/aromatic N) is 2. The van der Waals surface area contributed by atoms with Crippen molar-refractivity contribution in [2.75, 3.05) is 20.0 Å². The van der Waals surface area contributed by atoms with Crippen molar-refractivity contribution in [2.45, 2.75) is 47.7 Å². The van der Waals surface area contributed by atoms with Crippen LogP contribution >= 0.6 is 11.3 Å². The predicted molar refractivity (Wildman–Crippen MR) is 152 cm³/mol. The lowest BCUT2D eigenvalue weighted by atomic mass is 10.1. The van der Waals surface area contributed by atoms with Crippen LogP contribution in [0.4, 0.5) is 19.0 Å². The van der Waals surface area contributed by atoms with Crippen molar-refractivity contribution in [3.8, 4) is 23.8 Å². The van der Waals surface area contributed by atoms with Gasteiger partial charge in [0, 0.05) is 0 Å². The molecule has 0 bridgehead atoms. The molecule has 0 spiro atoms. The number of thiazole rings is 1. The highest BCUT2D eigenvalue weighted by Crippen LogP contribution is 2.32. The van der Waals surface area contributed by atoms with E-state index in [1.165, 1.54) is 23.5 Å². The maximum absolute atomic E-state index is 12.6. The van der Waals surface area contributed by atoms with Gasteiger partial charge in [0.1, 0.15) is 5.82 Å². The number of ether oxygens (including phenoxy) is 2. The van der Waals surface area contributed by atoms with Gasteiger partial charge in [0.05, 0.1) is 46.6 Å². The molecule has 0 unspecified atom stereocenters. The van der Waals surface area contributed by atoms with Crippen LogP contribution in [0.2, 0.25) is 0 Å². The molecular weight excluding hydrogens is 511 g/mol. The summed E-state index contributed by atoms with van der Waals surface area (Å²) < 4.78 is 48.1. The first-order valence-corrected chi connectivity index (χ1v) is 12.6. The summed E-state index contributed by atoms with van der Waals surface area (Å²) in [7, 11) is 3.17. The number of hydrogen-bond donors (Lipinski definition) is 1. The molecule has 0 saturated carbocycles. The molecule has 2 N–H and O–H groups in total. The second kappa shape index (κ2) is 14.8. The molecule has 5 nitrogen and oxygen atoms in total. The van der Waals surface area contributed by atoms with Gasteiger partial charge in [-0.05, 0) is 63.1 Å². The van der Waals surface area contributed by atoms with Crippen LogP contribution in [-0.4, -0.2) is 24.9 Å². The summed E-state index contributed by atoms with van der Waals surface area (Å²) in [5.74, 6) is 4.27. The number of aliphatic imine (C=N–C) groups is 1. The zero-order chi connectivity index (χ0) is 29.0. The Morgan fingerprint density at radius 3 is 2.13 bits per heavy atom. The normalized spacial score (nSPS) is 11.4. The number of terminal acetylenes is 1. The Kier molecular flexibility index (Phi) is 12.6. The van der Waals surface area contributed by atoms with Gasteiger partial charge < -0.3 is 15.2 Å². The number of rotatable bonds is 5. The molecule has 0 aliphatic heterocycles. The van der Waals surface area contributed by atoms with Crippen LogP contribution in [0.3, 0.4) is 0 Å². The minimum absolute atomic E-state index is 0.414. The summed E-state index contributed by atoms with van der Waals surface area (Å²) in [5, 5.41) is 0.837. The quantitative estimate of drug-likeness (QED) is 0.261. The van der Waals surface area contributed by atoms with Crippen LogP contribution in [0.25, 0.3) is 5.70 Å². The molecule has 0 aliphatic carbocycles. The molecule has 3 aromatic rings. The van der Waals surface area contributed by atoms with Crippen molar-refractivity contribution < 1.29 is 22.6 Å². The van der Waals surface area contributed by atoms with Gasteiger partial charge in [0.25, 0.3) is 0 Å². The molecule has 0 fully saturated rings. The number of benzene rings is 2. The van der Waals surface area contributed by atoms with E-state index in [-0.39, 0.29) is 0 Å². The van der Waals surface area contributed by atoms with Gasteiger partial charge in [-0.3, -0.25) is 4.99 Å². The molecule has 2 aromatic carbocycles. The van der Waals surface area contributed by atoms with Crippen molar-refractivity contribution in [1.82, 2.24) is 4.98 Å². The lowest BCUT2D eigenvalue weighted by Crippen LogP contribution is -2.04. The van der Waals surface area contributed by atoms with Crippen LogP contribution in [-0.2, 0) is 6.18 Å². The molecule has 38 heavy (non-hydrogen) atoms. The number of methoxy groups -OCH3 is 2. The van der Waals surface area contributed by atoms with E-state index in [1.807, 2.05) is 39.8 Å². The van der Waals surface area contributed by atoms with E-state index in [0.717, 1.165) is 33.1 Å². The van der Waals surface area contributed by atoms with Gasteiger partial charge in [0.15, 0.2) is 11.5 Å². The second-order valence-electron chi connectivity index (χ2n) is 7.59. The standard InChI is InChI=1S/C16H16F3N3S.C11H12O2.C2H6/c1-4-13(11-5-7-12(8-6-11)16(17,18)19)21-9(2)14-15(20)22-10(3)23-14;1-5-9-6-8(2)7-10(12-3)11(9)13-4;1-2/h4-8H,20H2,1-3H3;1,6-7H,2-4H3;1-2H3/b13-4-,21-9?;;. The van der Waals surface area contributed by atoms with Crippen molar-refractivity contribution >= 4 is 28.6 Å². The molecule has 0 saturated heterocycles. The average Bonchev–Trinajstić information content (AvgIpc) is 3.25. The van der Waals surface area contributed by atoms with Crippen LogP contribution < -0.4 is 15.2 Å². The molecule has 204 valence electrons. The molecule has 0 amide bonds. The highest BCUT2D eigenvalue weighted by molar-refractivity contribution is 7.14. The summed E-state index contributed by atoms with van der Waals surface area (Å²) in [4.78, 5) is 9.41. The SMILES string of the molecule is C#Cc1cc(C)cc(OC)c1OC.C/C=C(\N=C(C)c1sc(C)nc1N)c1ccc(C(F)(F)F)cc1.CC. The topological polar surface area (TPSA) is 69.7 Å². The van der Waals surface area contributed by atoms with Crippen LogP contribution in [0.15, 0.2) is 47.5 Å². The predicted octanol–water partition coefficient (Wildman–Crippen LogP) is 7.94. The van der Waals surface area contributed by atoms with E-state index in [2.05, 4.69) is 15.9 Å². The summed E-state index contributed by atoms with van der Waals surface area (Å²) in [6.45, 7) is 11.4. The zero-order valence-electron chi connectivity index (χ0n) is 22.9. The number of aromatic nitrogens is 1. The number of nitrogens with two attached hydrogens (primary N) is 1. The third-order valence-electron chi connectivity index (χ3n) is 4.94. The van der Waals surface area contributed by atoms with Crippen LogP contribution in [0.5, 0.6) is 11.5 Å². The van der Waals surface area contributed by atoms with Gasteiger partial charge >= 0.3 is 6.18 Å². The van der Waals surface area contributed by atoms with Crippen molar-refractivity contribution in [3.05, 3.63) is 74.6 Å². The molecule has 0 atom stereocenters. The largest absolute Gasteiger partial charge is 0.493 e. The molecule has 9 heteroatoms. The number of aryl methyl sites for hydroxylation is 2. The molecule has 0 radical (unpaired) electrons. The first-order chi connectivity index (χ1) is 17.9. The Hall–Kier alpha value is -3.77. The number of nitrogen functional groups attached to an aromatic ring is 1. The number of halogens is 3. The summed E-state index contributed by atoms with van der Waals surface area (Å²) >= 11 is 1.43. The number of alkyl halides is 3. The Labute approximate surface area is 227 Å². The van der Waals surface area contributed by atoms with E-state index in [9.17, 15) is 13.2 Å². The highest BCUT2D eigenvalue weighted by atomic mass is 32.1. The monoisotopic (exact) mass is 545 g/mol. The lowest BCUT2D eigenvalue weighted by molar-refractivity contribution is -0.137. The Balaban J connectivity index is 0.000000408. The third kappa shape index (κ3) is 8.67. The number of hydrogen-bond acceptors (Lipinski definition) is 6. The van der Waals surface area contributed by atoms with Gasteiger partial charge in [0.2, 0.25) is 0 Å². The summed E-state index contributed by atoms with van der Waals surface area (Å²) in [5.41, 5.74) is 8.82. The van der Waals surface area contributed by atoms with Gasteiger partial charge in [-0.25, -0.2) is 4.98 Å². The number of anilines is 1. The smallest absolute Gasteiger partial charge is 0.416 e. The van der Waals surface area contributed by atoms with Crippen LogP contribution in [0, 0.1) is 26.2 Å². The minimum atomic E-state index is -4.34. The Bertz CT molecular complexity index is 1300. The van der Waals surface area contributed by atoms with Gasteiger partial charge in [-0.1, -0.05) is 38.0 Å². The fourth-order valence-electron chi connectivity index (χ4n) is 3.27. The highest BCUT2D eigenvalue weighted by Gasteiger charge is 2.30. The molecule has 1 aromatic heterocycles. The fourth-order valence-corrected chi connectivity index (χ4v) is 4.05. The summed E-state index contributed by atoms with van der Waals surface area (Å²) in [6, 6.07) is 8.71. The second-order valence-corrected chi connectivity index (χ2v) is 8.79. The maximum atomic E-state index is 12.6. The van der Waals surface area contributed by atoms with E-state index in [4.69, 9.17) is 21.6 Å². The first-order valence-electron chi connectivity index (χ1n) is 11.8. The zero-order valence-corrected chi connectivity index (χ0v) is 23.8. The van der Waals surface area contributed by atoms with Crippen molar-refractivity contribution in [1.29, 1.82) is 0 Å². The Morgan fingerprint density at radius 2 is 1.71 bits per heavy atom. The average molecular weight is 546 g/mol. The minimum Gasteiger partial charge on any atom is -0.493 e. The molecular formula is C29H34F3N3O2S. The Morgan fingerprint density at radius 1 is 1.11 bits per heavy atom. The first kappa shape index (κ1) is 32.3. The van der Waals surface area contributed by atoms with E-state index in [0.29, 0.717) is 34.3 Å². The van der Waals surface area contributed by atoms with E-state index in [1.54, 1.807) is 34.1 Å². The van der Waals surface area contributed by atoms with E-state index < -0.39 is 11.7 Å². The third-order valence-corrected chi connectivity index (χ3v) is 6.03. The van der Waals surface area contributed by atoms with Gasteiger partial charge in [-0.15, -0.1) is 17.8 Å². The van der Waals surface area contributed by atoms with Crippen molar-refractivity contribution in [3.63, 3.8) is 0 Å². The molecule has 0 aliphatic rings. The molecule has 3 rings (SSSR count). The molecule has 1 heterocycles.